The summed E-state index contributed by atoms with van der Waals surface area (Å²) in [6, 6.07) is 12.4. The third-order valence-electron chi connectivity index (χ3n) is 4.95. The molecule has 174 valence electrons. The molecule has 7 heteroatoms. The van der Waals surface area contributed by atoms with Crippen LogP contribution in [-0.2, 0) is 16.1 Å². The van der Waals surface area contributed by atoms with E-state index in [1.54, 1.807) is 41.3 Å². The van der Waals surface area contributed by atoms with Crippen molar-refractivity contribution in [2.45, 2.75) is 52.6 Å². The van der Waals surface area contributed by atoms with E-state index in [1.807, 2.05) is 20.8 Å². The number of halogens is 2. The zero-order valence-corrected chi connectivity index (χ0v) is 19.7. The summed E-state index contributed by atoms with van der Waals surface area (Å²) in [4.78, 5) is 27.5. The number of hydrogen-bond donors (Lipinski definition) is 1. The lowest BCUT2D eigenvalue weighted by Gasteiger charge is -2.31. The van der Waals surface area contributed by atoms with E-state index in [-0.39, 0.29) is 30.6 Å². The summed E-state index contributed by atoms with van der Waals surface area (Å²) >= 11 is 5.87. The smallest absolute Gasteiger partial charge is 0.242 e. The van der Waals surface area contributed by atoms with Crippen LogP contribution >= 0.6 is 11.6 Å². The number of hydrogen-bond acceptors (Lipinski definition) is 3. The van der Waals surface area contributed by atoms with E-state index >= 15 is 0 Å². The van der Waals surface area contributed by atoms with Gasteiger partial charge in [0.05, 0.1) is 6.61 Å². The Morgan fingerprint density at radius 1 is 1.09 bits per heavy atom. The molecule has 2 aromatic rings. The fourth-order valence-corrected chi connectivity index (χ4v) is 3.34. The van der Waals surface area contributed by atoms with Crippen LogP contribution in [0, 0.1) is 11.7 Å². The Bertz CT molecular complexity index is 856. The average molecular weight is 463 g/mol. The van der Waals surface area contributed by atoms with Crippen LogP contribution in [0.1, 0.15) is 45.6 Å². The van der Waals surface area contributed by atoms with Gasteiger partial charge in [-0.1, -0.05) is 44.5 Å². The number of carbonyl (C=O) groups excluding carboxylic acids is 2. The van der Waals surface area contributed by atoms with Gasteiger partial charge in [-0.3, -0.25) is 9.59 Å². The first-order chi connectivity index (χ1) is 15.3. The van der Waals surface area contributed by atoms with E-state index in [2.05, 4.69) is 5.32 Å². The van der Waals surface area contributed by atoms with Gasteiger partial charge < -0.3 is 15.0 Å². The lowest BCUT2D eigenvalue weighted by Crippen LogP contribution is -2.49. The Morgan fingerprint density at radius 3 is 2.34 bits per heavy atom. The first-order valence-electron chi connectivity index (χ1n) is 11.0. The number of nitrogens with one attached hydrogen (secondary N) is 1. The highest BCUT2D eigenvalue weighted by atomic mass is 35.5. The van der Waals surface area contributed by atoms with E-state index in [1.165, 1.54) is 12.1 Å². The highest BCUT2D eigenvalue weighted by Crippen LogP contribution is 2.17. The fraction of sp³-hybridized carbons (Fsp3) is 0.440. The van der Waals surface area contributed by atoms with Crippen LogP contribution in [0.4, 0.5) is 4.39 Å². The quantitative estimate of drug-likeness (QED) is 0.440. The molecule has 0 saturated carbocycles. The Hall–Kier alpha value is -2.60. The van der Waals surface area contributed by atoms with Crippen molar-refractivity contribution in [3.8, 4) is 5.75 Å². The third kappa shape index (κ3) is 8.50. The first-order valence-corrected chi connectivity index (χ1v) is 11.4. The summed E-state index contributed by atoms with van der Waals surface area (Å²) in [7, 11) is 0. The Balaban J connectivity index is 2.03. The predicted molar refractivity (Wildman–Crippen MR) is 125 cm³/mol. The fourth-order valence-electron chi connectivity index (χ4n) is 3.22. The van der Waals surface area contributed by atoms with E-state index in [0.717, 1.165) is 5.56 Å². The summed E-state index contributed by atoms with van der Waals surface area (Å²) in [6.45, 7) is 7.07. The second-order valence-electron chi connectivity index (χ2n) is 8.12. The molecule has 0 aromatic heterocycles. The molecule has 0 unspecified atom stereocenters. The molecular weight excluding hydrogens is 431 g/mol. The molecule has 2 aromatic carbocycles. The number of carbonyl (C=O) groups is 2. The molecule has 0 heterocycles. The molecule has 2 rings (SSSR count). The molecule has 0 bridgehead atoms. The second-order valence-corrected chi connectivity index (χ2v) is 8.55. The molecule has 32 heavy (non-hydrogen) atoms. The van der Waals surface area contributed by atoms with E-state index in [4.69, 9.17) is 16.3 Å². The van der Waals surface area contributed by atoms with E-state index in [9.17, 15) is 14.0 Å². The normalized spacial score (nSPS) is 11.8. The van der Waals surface area contributed by atoms with Gasteiger partial charge in [0.1, 0.15) is 17.6 Å². The number of amides is 2. The minimum Gasteiger partial charge on any atom is -0.494 e. The zero-order chi connectivity index (χ0) is 23.5. The topological polar surface area (TPSA) is 58.6 Å². The molecule has 5 nitrogen and oxygen atoms in total. The van der Waals surface area contributed by atoms with Gasteiger partial charge in [-0.25, -0.2) is 4.39 Å². The average Bonchev–Trinajstić information content (AvgIpc) is 2.77. The lowest BCUT2D eigenvalue weighted by molar-refractivity contribution is -0.141. The van der Waals surface area contributed by atoms with Crippen molar-refractivity contribution < 1.29 is 18.7 Å². The van der Waals surface area contributed by atoms with Gasteiger partial charge in [-0.05, 0) is 60.7 Å². The second kappa shape index (κ2) is 13.1. The maximum Gasteiger partial charge on any atom is 0.242 e. The van der Waals surface area contributed by atoms with Crippen molar-refractivity contribution in [2.75, 3.05) is 13.2 Å². The first kappa shape index (κ1) is 25.7. The largest absolute Gasteiger partial charge is 0.494 e. The van der Waals surface area contributed by atoms with Crippen LogP contribution in [0.3, 0.4) is 0 Å². The van der Waals surface area contributed by atoms with Gasteiger partial charge in [-0.15, -0.1) is 0 Å². The van der Waals surface area contributed by atoms with Gasteiger partial charge in [0, 0.05) is 24.5 Å². The third-order valence-corrected chi connectivity index (χ3v) is 5.21. The summed E-state index contributed by atoms with van der Waals surface area (Å²) in [5, 5.41) is 3.56. The molecule has 0 aliphatic rings. The molecule has 0 spiro atoms. The molecule has 0 aliphatic carbocycles. The zero-order valence-electron chi connectivity index (χ0n) is 18.9. The van der Waals surface area contributed by atoms with Gasteiger partial charge >= 0.3 is 0 Å². The van der Waals surface area contributed by atoms with E-state index in [0.29, 0.717) is 42.7 Å². The molecule has 0 fully saturated rings. The number of rotatable bonds is 12. The Morgan fingerprint density at radius 2 is 1.75 bits per heavy atom. The molecule has 0 radical (unpaired) electrons. The lowest BCUT2D eigenvalue weighted by atomic mass is 10.1. The van der Waals surface area contributed by atoms with E-state index < -0.39 is 6.04 Å². The minimum atomic E-state index is -0.594. The van der Waals surface area contributed by atoms with Gasteiger partial charge in [0.15, 0.2) is 0 Å². The highest BCUT2D eigenvalue weighted by Gasteiger charge is 2.28. The number of ether oxygens (including phenoxy) is 1. The molecule has 1 N–H and O–H groups in total. The summed E-state index contributed by atoms with van der Waals surface area (Å²) in [6.07, 6.45) is 1.23. The van der Waals surface area contributed by atoms with Crippen molar-refractivity contribution >= 4 is 23.4 Å². The maximum atomic E-state index is 13.3. The van der Waals surface area contributed by atoms with Gasteiger partial charge in [-0.2, -0.15) is 0 Å². The van der Waals surface area contributed by atoms with Crippen LogP contribution in [0.15, 0.2) is 48.5 Å². The van der Waals surface area contributed by atoms with Crippen LogP contribution in [0.2, 0.25) is 5.02 Å². The van der Waals surface area contributed by atoms with Crippen LogP contribution < -0.4 is 10.1 Å². The Kier molecular flexibility index (Phi) is 10.5. The maximum absolute atomic E-state index is 13.3. The van der Waals surface area contributed by atoms with Crippen molar-refractivity contribution in [1.29, 1.82) is 0 Å². The van der Waals surface area contributed by atoms with Crippen LogP contribution in [-0.4, -0.2) is 35.9 Å². The highest BCUT2D eigenvalue weighted by molar-refractivity contribution is 6.30. The number of benzene rings is 2. The predicted octanol–water partition coefficient (Wildman–Crippen LogP) is 5.22. The summed E-state index contributed by atoms with van der Waals surface area (Å²) in [5.74, 6) is 0.342. The number of nitrogens with zero attached hydrogens (tertiary/aromatic N) is 1. The molecule has 0 saturated heterocycles. The van der Waals surface area contributed by atoms with Crippen molar-refractivity contribution in [1.82, 2.24) is 10.2 Å². The van der Waals surface area contributed by atoms with Crippen LogP contribution in [0.25, 0.3) is 0 Å². The summed E-state index contributed by atoms with van der Waals surface area (Å²) in [5.41, 5.74) is 0.771. The molecule has 1 atom stereocenters. The minimum absolute atomic E-state index is 0.138. The summed E-state index contributed by atoms with van der Waals surface area (Å²) < 4.78 is 19.0. The van der Waals surface area contributed by atoms with Crippen LogP contribution in [0.5, 0.6) is 5.75 Å². The van der Waals surface area contributed by atoms with Crippen molar-refractivity contribution in [3.63, 3.8) is 0 Å². The molecular formula is C25H32ClFN2O3. The standard InChI is InChI=1S/C25H32ClFN2O3/c1-4-23(25(31)28-16-18(2)3)29(17-19-7-11-21(27)12-8-19)24(30)6-5-15-32-22-13-9-20(26)10-14-22/h7-14,18,23H,4-6,15-17H2,1-3H3,(H,28,31)/t23-/m0/s1. The monoisotopic (exact) mass is 462 g/mol. The van der Waals surface area contributed by atoms with Crippen molar-refractivity contribution in [2.24, 2.45) is 5.92 Å². The Labute approximate surface area is 194 Å². The van der Waals surface area contributed by atoms with Gasteiger partial charge in [0.2, 0.25) is 11.8 Å². The SMILES string of the molecule is CC[C@@H](C(=O)NCC(C)C)N(Cc1ccc(F)cc1)C(=O)CCCOc1ccc(Cl)cc1. The molecule has 2 amide bonds. The van der Waals surface area contributed by atoms with Crippen molar-refractivity contribution in [3.05, 3.63) is 64.9 Å². The van der Waals surface area contributed by atoms with Gasteiger partial charge in [0.25, 0.3) is 0 Å². The molecule has 0 aliphatic heterocycles.